The van der Waals surface area contributed by atoms with Gasteiger partial charge in [-0.3, -0.25) is 9.69 Å². The van der Waals surface area contributed by atoms with E-state index in [9.17, 15) is 13.2 Å². The SMILES string of the molecule is O=C(CN1CCN(S(=O)(=O)Cc2ccccc2)CC1)NC1CCCc2ccccc21. The summed E-state index contributed by atoms with van der Waals surface area (Å²) in [4.78, 5) is 14.7. The van der Waals surface area contributed by atoms with Crippen molar-refractivity contribution in [2.24, 2.45) is 0 Å². The monoisotopic (exact) mass is 427 g/mol. The zero-order valence-electron chi connectivity index (χ0n) is 17.2. The highest BCUT2D eigenvalue weighted by Gasteiger charge is 2.28. The van der Waals surface area contributed by atoms with Crippen LogP contribution < -0.4 is 5.32 Å². The van der Waals surface area contributed by atoms with Crippen molar-refractivity contribution in [1.82, 2.24) is 14.5 Å². The van der Waals surface area contributed by atoms with Gasteiger partial charge in [0.25, 0.3) is 0 Å². The molecule has 4 rings (SSSR count). The van der Waals surface area contributed by atoms with Crippen molar-refractivity contribution < 1.29 is 13.2 Å². The van der Waals surface area contributed by atoms with Crippen LogP contribution in [0, 0.1) is 0 Å². The molecule has 7 heteroatoms. The molecular weight excluding hydrogens is 398 g/mol. The molecule has 1 saturated heterocycles. The number of aryl methyl sites for hydroxylation is 1. The third-order valence-corrected chi connectivity index (χ3v) is 7.84. The number of benzene rings is 2. The molecule has 1 aliphatic carbocycles. The minimum atomic E-state index is -3.34. The molecule has 1 heterocycles. The van der Waals surface area contributed by atoms with Gasteiger partial charge in [-0.05, 0) is 36.0 Å². The molecule has 1 amide bonds. The number of carbonyl (C=O) groups is 1. The lowest BCUT2D eigenvalue weighted by Crippen LogP contribution is -2.51. The number of hydrogen-bond donors (Lipinski definition) is 1. The van der Waals surface area contributed by atoms with E-state index >= 15 is 0 Å². The van der Waals surface area contributed by atoms with E-state index in [1.165, 1.54) is 11.1 Å². The summed E-state index contributed by atoms with van der Waals surface area (Å²) in [5, 5.41) is 3.18. The van der Waals surface area contributed by atoms with Crippen LogP contribution in [0.3, 0.4) is 0 Å². The van der Waals surface area contributed by atoms with Gasteiger partial charge < -0.3 is 5.32 Å². The van der Waals surface area contributed by atoms with Crippen LogP contribution in [0.5, 0.6) is 0 Å². The zero-order valence-corrected chi connectivity index (χ0v) is 18.0. The lowest BCUT2D eigenvalue weighted by atomic mass is 9.88. The van der Waals surface area contributed by atoms with E-state index in [1.807, 2.05) is 47.4 Å². The van der Waals surface area contributed by atoms with E-state index < -0.39 is 10.0 Å². The predicted octanol–water partition coefficient (Wildman–Crippen LogP) is 2.33. The molecule has 30 heavy (non-hydrogen) atoms. The number of sulfonamides is 1. The maximum Gasteiger partial charge on any atom is 0.234 e. The van der Waals surface area contributed by atoms with Gasteiger partial charge in [-0.25, -0.2) is 8.42 Å². The third kappa shape index (κ3) is 5.09. The Kier molecular flexibility index (Phi) is 6.51. The van der Waals surface area contributed by atoms with Gasteiger partial charge in [-0.2, -0.15) is 4.31 Å². The molecular formula is C23H29N3O3S. The van der Waals surface area contributed by atoms with Crippen molar-refractivity contribution in [2.45, 2.75) is 31.1 Å². The molecule has 1 atom stereocenters. The molecule has 1 fully saturated rings. The number of nitrogens with zero attached hydrogens (tertiary/aromatic N) is 2. The molecule has 0 bridgehead atoms. The number of piperazine rings is 1. The van der Waals surface area contributed by atoms with Crippen molar-refractivity contribution in [3.05, 3.63) is 71.3 Å². The van der Waals surface area contributed by atoms with Gasteiger partial charge in [-0.1, -0.05) is 54.6 Å². The van der Waals surface area contributed by atoms with E-state index in [4.69, 9.17) is 0 Å². The first-order valence-electron chi connectivity index (χ1n) is 10.6. The molecule has 0 aromatic heterocycles. The first-order valence-corrected chi connectivity index (χ1v) is 12.2. The Bertz CT molecular complexity index is 970. The molecule has 2 aromatic rings. The number of hydrogen-bond acceptors (Lipinski definition) is 4. The first kappa shape index (κ1) is 21.0. The Morgan fingerprint density at radius 2 is 1.67 bits per heavy atom. The van der Waals surface area contributed by atoms with Crippen LogP contribution in [-0.2, 0) is 27.0 Å². The molecule has 1 aliphatic heterocycles. The largest absolute Gasteiger partial charge is 0.348 e. The van der Waals surface area contributed by atoms with Crippen LogP contribution in [-0.4, -0.2) is 56.3 Å². The molecule has 1 N–H and O–H groups in total. The highest BCUT2D eigenvalue weighted by Crippen LogP contribution is 2.29. The average molecular weight is 428 g/mol. The quantitative estimate of drug-likeness (QED) is 0.768. The summed E-state index contributed by atoms with van der Waals surface area (Å²) in [6, 6.07) is 17.7. The summed E-state index contributed by atoms with van der Waals surface area (Å²) >= 11 is 0. The number of rotatable bonds is 6. The normalized spacial score (nSPS) is 20.5. The van der Waals surface area contributed by atoms with E-state index in [-0.39, 0.29) is 17.7 Å². The van der Waals surface area contributed by atoms with Crippen molar-refractivity contribution >= 4 is 15.9 Å². The van der Waals surface area contributed by atoms with Gasteiger partial charge in [0.2, 0.25) is 15.9 Å². The summed E-state index contributed by atoms with van der Waals surface area (Å²) in [7, 11) is -3.34. The van der Waals surface area contributed by atoms with Crippen LogP contribution >= 0.6 is 0 Å². The Morgan fingerprint density at radius 1 is 0.967 bits per heavy atom. The van der Waals surface area contributed by atoms with Gasteiger partial charge >= 0.3 is 0 Å². The summed E-state index contributed by atoms with van der Waals surface area (Å²) in [6.07, 6.45) is 3.12. The summed E-state index contributed by atoms with van der Waals surface area (Å²) in [5.74, 6) is 0.0346. The van der Waals surface area contributed by atoms with Crippen molar-refractivity contribution in [1.29, 1.82) is 0 Å². The smallest absolute Gasteiger partial charge is 0.234 e. The number of nitrogens with one attached hydrogen (secondary N) is 1. The van der Waals surface area contributed by atoms with Crippen molar-refractivity contribution in [2.75, 3.05) is 32.7 Å². The highest BCUT2D eigenvalue weighted by atomic mass is 32.2. The van der Waals surface area contributed by atoms with Gasteiger partial charge in [0, 0.05) is 26.2 Å². The maximum atomic E-state index is 12.7. The Hall–Kier alpha value is -2.22. The van der Waals surface area contributed by atoms with Crippen LogP contribution in [0.2, 0.25) is 0 Å². The average Bonchev–Trinajstić information content (AvgIpc) is 2.75. The predicted molar refractivity (Wildman–Crippen MR) is 117 cm³/mol. The summed E-state index contributed by atoms with van der Waals surface area (Å²) in [5.41, 5.74) is 3.35. The molecule has 0 radical (unpaired) electrons. The van der Waals surface area contributed by atoms with Gasteiger partial charge in [0.15, 0.2) is 0 Å². The van der Waals surface area contributed by atoms with E-state index in [2.05, 4.69) is 17.4 Å². The van der Waals surface area contributed by atoms with Crippen molar-refractivity contribution in [3.63, 3.8) is 0 Å². The first-order chi connectivity index (χ1) is 14.5. The molecule has 0 spiro atoms. The lowest BCUT2D eigenvalue weighted by molar-refractivity contribution is -0.123. The zero-order chi connectivity index (χ0) is 21.0. The standard InChI is InChI=1S/C23H29N3O3S/c27-23(24-22-12-6-10-20-9-4-5-11-21(20)22)17-25-13-15-26(16-14-25)30(28,29)18-19-7-2-1-3-8-19/h1-5,7-9,11,22H,6,10,12-18H2,(H,24,27). The molecule has 0 saturated carbocycles. The minimum absolute atomic E-state index is 0.0114. The van der Waals surface area contributed by atoms with E-state index in [0.717, 1.165) is 24.8 Å². The van der Waals surface area contributed by atoms with Gasteiger partial charge in [0.1, 0.15) is 0 Å². The minimum Gasteiger partial charge on any atom is -0.348 e. The van der Waals surface area contributed by atoms with Gasteiger partial charge in [-0.15, -0.1) is 0 Å². The molecule has 160 valence electrons. The van der Waals surface area contributed by atoms with Crippen LogP contribution in [0.1, 0.15) is 35.6 Å². The third-order valence-electron chi connectivity index (χ3n) is 5.99. The van der Waals surface area contributed by atoms with E-state index in [1.54, 1.807) is 4.31 Å². The van der Waals surface area contributed by atoms with Crippen molar-refractivity contribution in [3.8, 4) is 0 Å². The number of amides is 1. The Morgan fingerprint density at radius 3 is 2.43 bits per heavy atom. The summed E-state index contributed by atoms with van der Waals surface area (Å²) < 4.78 is 26.9. The molecule has 6 nitrogen and oxygen atoms in total. The van der Waals surface area contributed by atoms with Crippen LogP contribution in [0.25, 0.3) is 0 Å². The van der Waals surface area contributed by atoms with Crippen LogP contribution in [0.15, 0.2) is 54.6 Å². The number of carbonyl (C=O) groups excluding carboxylic acids is 1. The Labute approximate surface area is 178 Å². The molecule has 2 aromatic carbocycles. The van der Waals surface area contributed by atoms with Gasteiger partial charge in [0.05, 0.1) is 18.3 Å². The fourth-order valence-electron chi connectivity index (χ4n) is 4.39. The Balaban J connectivity index is 1.27. The second-order valence-electron chi connectivity index (χ2n) is 8.13. The molecule has 2 aliphatic rings. The second kappa shape index (κ2) is 9.29. The molecule has 1 unspecified atom stereocenters. The topological polar surface area (TPSA) is 69.7 Å². The summed E-state index contributed by atoms with van der Waals surface area (Å²) in [6.45, 7) is 2.31. The lowest BCUT2D eigenvalue weighted by Gasteiger charge is -2.34. The fourth-order valence-corrected chi connectivity index (χ4v) is 5.90. The number of fused-ring (bicyclic) bond motifs is 1. The second-order valence-corrected chi connectivity index (χ2v) is 10.1. The van der Waals surface area contributed by atoms with Crippen LogP contribution in [0.4, 0.5) is 0 Å². The maximum absolute atomic E-state index is 12.7. The van der Waals surface area contributed by atoms with E-state index in [0.29, 0.717) is 32.7 Å². The fraction of sp³-hybridized carbons (Fsp3) is 0.435. The highest BCUT2D eigenvalue weighted by molar-refractivity contribution is 7.88.